The number of aromatic nitrogens is 3. The monoisotopic (exact) mass is 317 g/mol. The van der Waals surface area contributed by atoms with Crippen LogP contribution in [0.3, 0.4) is 0 Å². The van der Waals surface area contributed by atoms with Gasteiger partial charge in [0.2, 0.25) is 0 Å². The standard InChI is InChI=1S/C20H19N3O/c1-13-6-3-11-18(21-13)20-22-17-10-5-9-16(17)19(23-20)14-7-4-8-15(12-14)24-2/h3-4,6-8,11-12H,5,9-10H2,1-2H3. The summed E-state index contributed by atoms with van der Waals surface area (Å²) in [6.45, 7) is 1.99. The van der Waals surface area contributed by atoms with Crippen LogP contribution < -0.4 is 4.74 Å². The Morgan fingerprint density at radius 2 is 1.83 bits per heavy atom. The summed E-state index contributed by atoms with van der Waals surface area (Å²) in [5, 5.41) is 0. The molecule has 0 saturated carbocycles. The second-order valence-corrected chi connectivity index (χ2v) is 6.07. The van der Waals surface area contributed by atoms with Gasteiger partial charge in [-0.05, 0) is 50.5 Å². The zero-order valence-electron chi connectivity index (χ0n) is 13.9. The quantitative estimate of drug-likeness (QED) is 0.732. The minimum absolute atomic E-state index is 0.706. The number of rotatable bonds is 3. The zero-order valence-corrected chi connectivity index (χ0v) is 13.9. The SMILES string of the molecule is COc1cccc(-c2nc(-c3cccc(C)n3)nc3c2CCC3)c1. The summed E-state index contributed by atoms with van der Waals surface area (Å²) in [4.78, 5) is 14.2. The Morgan fingerprint density at radius 3 is 2.67 bits per heavy atom. The fraction of sp³-hybridized carbons (Fsp3) is 0.250. The van der Waals surface area contributed by atoms with E-state index >= 15 is 0 Å². The number of hydrogen-bond donors (Lipinski definition) is 0. The van der Waals surface area contributed by atoms with E-state index in [1.807, 2.05) is 43.3 Å². The van der Waals surface area contributed by atoms with E-state index in [0.717, 1.165) is 53.4 Å². The Morgan fingerprint density at radius 1 is 0.958 bits per heavy atom. The van der Waals surface area contributed by atoms with Crippen molar-refractivity contribution in [1.82, 2.24) is 15.0 Å². The molecule has 0 atom stereocenters. The average Bonchev–Trinajstić information content (AvgIpc) is 3.09. The lowest BCUT2D eigenvalue weighted by Gasteiger charge is -2.11. The highest BCUT2D eigenvalue weighted by atomic mass is 16.5. The summed E-state index contributed by atoms with van der Waals surface area (Å²) >= 11 is 0. The summed E-state index contributed by atoms with van der Waals surface area (Å²) in [6, 6.07) is 14.0. The first-order valence-electron chi connectivity index (χ1n) is 8.23. The number of fused-ring (bicyclic) bond motifs is 1. The number of aryl methyl sites for hydroxylation is 2. The van der Waals surface area contributed by atoms with Gasteiger partial charge in [-0.15, -0.1) is 0 Å². The summed E-state index contributed by atoms with van der Waals surface area (Å²) < 4.78 is 5.37. The number of nitrogens with zero attached hydrogens (tertiary/aromatic N) is 3. The first kappa shape index (κ1) is 14.8. The van der Waals surface area contributed by atoms with E-state index in [2.05, 4.69) is 11.1 Å². The Labute approximate surface area is 141 Å². The minimum Gasteiger partial charge on any atom is -0.497 e. The fourth-order valence-corrected chi connectivity index (χ4v) is 3.22. The number of pyridine rings is 1. The third-order valence-electron chi connectivity index (χ3n) is 4.39. The van der Waals surface area contributed by atoms with Gasteiger partial charge < -0.3 is 4.74 Å². The van der Waals surface area contributed by atoms with Crippen LogP contribution in [0.2, 0.25) is 0 Å². The highest BCUT2D eigenvalue weighted by Gasteiger charge is 2.21. The lowest BCUT2D eigenvalue weighted by Crippen LogP contribution is -2.02. The maximum absolute atomic E-state index is 5.37. The molecule has 1 aliphatic rings. The molecular weight excluding hydrogens is 298 g/mol. The zero-order chi connectivity index (χ0) is 16.5. The molecule has 0 saturated heterocycles. The van der Waals surface area contributed by atoms with Gasteiger partial charge >= 0.3 is 0 Å². The van der Waals surface area contributed by atoms with E-state index in [0.29, 0.717) is 5.82 Å². The van der Waals surface area contributed by atoms with Crippen molar-refractivity contribution in [2.45, 2.75) is 26.2 Å². The lowest BCUT2D eigenvalue weighted by atomic mass is 10.0. The molecule has 2 aromatic heterocycles. The Hall–Kier alpha value is -2.75. The maximum Gasteiger partial charge on any atom is 0.178 e. The Balaban J connectivity index is 1.90. The van der Waals surface area contributed by atoms with Crippen LogP contribution in [-0.2, 0) is 12.8 Å². The summed E-state index contributed by atoms with van der Waals surface area (Å²) in [5.41, 5.74) is 6.30. The molecule has 3 aromatic rings. The Kier molecular flexibility index (Phi) is 3.73. The molecule has 4 nitrogen and oxygen atoms in total. The van der Waals surface area contributed by atoms with Crippen molar-refractivity contribution >= 4 is 0 Å². The van der Waals surface area contributed by atoms with Gasteiger partial charge in [0, 0.05) is 22.5 Å². The van der Waals surface area contributed by atoms with Crippen LogP contribution in [0, 0.1) is 6.92 Å². The number of benzene rings is 1. The van der Waals surface area contributed by atoms with Gasteiger partial charge in [-0.1, -0.05) is 18.2 Å². The molecule has 0 amide bonds. The smallest absolute Gasteiger partial charge is 0.178 e. The van der Waals surface area contributed by atoms with Crippen molar-refractivity contribution in [3.05, 3.63) is 59.4 Å². The van der Waals surface area contributed by atoms with Crippen LogP contribution >= 0.6 is 0 Å². The van der Waals surface area contributed by atoms with Crippen LogP contribution in [0.25, 0.3) is 22.8 Å². The topological polar surface area (TPSA) is 47.9 Å². The van der Waals surface area contributed by atoms with E-state index in [-0.39, 0.29) is 0 Å². The molecule has 1 aliphatic carbocycles. The van der Waals surface area contributed by atoms with E-state index in [1.165, 1.54) is 5.56 Å². The van der Waals surface area contributed by atoms with Crippen molar-refractivity contribution < 1.29 is 4.74 Å². The molecule has 0 unspecified atom stereocenters. The van der Waals surface area contributed by atoms with Crippen molar-refractivity contribution in [1.29, 1.82) is 0 Å². The predicted octanol–water partition coefficient (Wildman–Crippen LogP) is 4.01. The summed E-state index contributed by atoms with van der Waals surface area (Å²) in [6.07, 6.45) is 3.17. The Bertz CT molecular complexity index is 905. The van der Waals surface area contributed by atoms with Crippen LogP contribution in [0.1, 0.15) is 23.4 Å². The maximum atomic E-state index is 5.37. The normalized spacial score (nSPS) is 12.9. The summed E-state index contributed by atoms with van der Waals surface area (Å²) in [5.74, 6) is 1.55. The summed E-state index contributed by atoms with van der Waals surface area (Å²) in [7, 11) is 1.69. The van der Waals surface area contributed by atoms with Gasteiger partial charge in [0.05, 0.1) is 12.8 Å². The molecule has 0 bridgehead atoms. The molecular formula is C20H19N3O. The lowest BCUT2D eigenvalue weighted by molar-refractivity contribution is 0.415. The molecule has 0 N–H and O–H groups in total. The van der Waals surface area contributed by atoms with Crippen LogP contribution in [0.15, 0.2) is 42.5 Å². The van der Waals surface area contributed by atoms with E-state index < -0.39 is 0 Å². The van der Waals surface area contributed by atoms with Gasteiger partial charge in [-0.3, -0.25) is 0 Å². The first-order valence-corrected chi connectivity index (χ1v) is 8.23. The second-order valence-electron chi connectivity index (χ2n) is 6.07. The fourth-order valence-electron chi connectivity index (χ4n) is 3.22. The van der Waals surface area contributed by atoms with Crippen molar-refractivity contribution in [3.63, 3.8) is 0 Å². The van der Waals surface area contributed by atoms with Gasteiger partial charge in [0.15, 0.2) is 5.82 Å². The average molecular weight is 317 g/mol. The van der Waals surface area contributed by atoms with E-state index in [4.69, 9.17) is 14.7 Å². The molecule has 2 heterocycles. The first-order chi connectivity index (χ1) is 11.7. The van der Waals surface area contributed by atoms with Crippen LogP contribution in [0.5, 0.6) is 5.75 Å². The molecule has 0 spiro atoms. The van der Waals surface area contributed by atoms with Crippen molar-refractivity contribution in [3.8, 4) is 28.5 Å². The van der Waals surface area contributed by atoms with E-state index in [1.54, 1.807) is 7.11 Å². The third kappa shape index (κ3) is 2.64. The molecule has 120 valence electrons. The highest BCUT2D eigenvalue weighted by Crippen LogP contribution is 2.33. The van der Waals surface area contributed by atoms with E-state index in [9.17, 15) is 0 Å². The predicted molar refractivity (Wildman–Crippen MR) is 94.0 cm³/mol. The molecule has 4 rings (SSSR count). The van der Waals surface area contributed by atoms with Gasteiger partial charge in [0.25, 0.3) is 0 Å². The van der Waals surface area contributed by atoms with Gasteiger partial charge in [0.1, 0.15) is 11.4 Å². The molecule has 0 radical (unpaired) electrons. The highest BCUT2D eigenvalue weighted by molar-refractivity contribution is 5.69. The molecule has 24 heavy (non-hydrogen) atoms. The molecule has 1 aromatic carbocycles. The van der Waals surface area contributed by atoms with Crippen molar-refractivity contribution in [2.75, 3.05) is 7.11 Å². The number of hydrogen-bond acceptors (Lipinski definition) is 4. The van der Waals surface area contributed by atoms with Crippen molar-refractivity contribution in [2.24, 2.45) is 0 Å². The molecule has 4 heteroatoms. The molecule has 0 fully saturated rings. The minimum atomic E-state index is 0.706. The van der Waals surface area contributed by atoms with Gasteiger partial charge in [-0.25, -0.2) is 15.0 Å². The van der Waals surface area contributed by atoms with Crippen LogP contribution in [-0.4, -0.2) is 22.1 Å². The number of methoxy groups -OCH3 is 1. The van der Waals surface area contributed by atoms with Gasteiger partial charge in [-0.2, -0.15) is 0 Å². The largest absolute Gasteiger partial charge is 0.497 e. The van der Waals surface area contributed by atoms with Crippen LogP contribution in [0.4, 0.5) is 0 Å². The number of ether oxygens (including phenoxy) is 1. The third-order valence-corrected chi connectivity index (χ3v) is 4.39. The molecule has 0 aliphatic heterocycles. The second kappa shape index (κ2) is 6.04.